The van der Waals surface area contributed by atoms with Crippen molar-refractivity contribution in [3.8, 4) is 0 Å². The van der Waals surface area contributed by atoms with Crippen LogP contribution in [0.1, 0.15) is 57.8 Å². The average molecular weight is 263 g/mol. The van der Waals surface area contributed by atoms with Crippen molar-refractivity contribution in [1.82, 2.24) is 5.32 Å². The highest BCUT2D eigenvalue weighted by molar-refractivity contribution is 4.86. The number of hydrogen-bond donors (Lipinski definition) is 1. The molecule has 0 aromatic carbocycles. The van der Waals surface area contributed by atoms with Gasteiger partial charge in [-0.05, 0) is 38.1 Å². The number of halogens is 3. The van der Waals surface area contributed by atoms with E-state index in [-0.39, 0.29) is 6.04 Å². The molecule has 2 unspecified atom stereocenters. The lowest BCUT2D eigenvalue weighted by atomic mass is 9.83. The summed E-state index contributed by atoms with van der Waals surface area (Å²) in [6, 6.07) is -0.333. The summed E-state index contributed by atoms with van der Waals surface area (Å²) < 4.78 is 38.8. The van der Waals surface area contributed by atoms with E-state index in [4.69, 9.17) is 0 Å². The second kappa shape index (κ2) is 6.27. The first-order chi connectivity index (χ1) is 8.57. The van der Waals surface area contributed by atoms with Crippen LogP contribution >= 0.6 is 0 Å². The molecular formula is C14H24F3N. The Kier molecular flexibility index (Phi) is 4.93. The second-order valence-electron chi connectivity index (χ2n) is 5.95. The summed E-state index contributed by atoms with van der Waals surface area (Å²) in [7, 11) is 0. The Hall–Kier alpha value is -0.250. The minimum absolute atomic E-state index is 0.311. The van der Waals surface area contributed by atoms with Gasteiger partial charge in [-0.3, -0.25) is 0 Å². The number of alkyl halides is 3. The SMILES string of the molecule is FC(F)(F)C1CCCCC1NCC1CCCCC1. The maximum Gasteiger partial charge on any atom is 0.393 e. The maximum absolute atomic E-state index is 12.9. The summed E-state index contributed by atoms with van der Waals surface area (Å²) in [6.45, 7) is 0.789. The predicted octanol–water partition coefficient (Wildman–Crippen LogP) is 4.28. The molecule has 2 aliphatic carbocycles. The lowest BCUT2D eigenvalue weighted by Crippen LogP contribution is -2.46. The van der Waals surface area contributed by atoms with E-state index in [0.29, 0.717) is 18.8 Å². The molecule has 2 aliphatic rings. The first-order valence-electron chi connectivity index (χ1n) is 7.37. The molecule has 2 rings (SSSR count). The molecule has 4 heteroatoms. The average Bonchev–Trinajstić information content (AvgIpc) is 2.37. The van der Waals surface area contributed by atoms with Gasteiger partial charge in [0, 0.05) is 6.04 Å². The minimum Gasteiger partial charge on any atom is -0.313 e. The minimum atomic E-state index is -4.02. The van der Waals surface area contributed by atoms with Crippen LogP contribution in [0.2, 0.25) is 0 Å². The third-order valence-corrected chi connectivity index (χ3v) is 4.58. The highest BCUT2D eigenvalue weighted by Crippen LogP contribution is 2.38. The number of hydrogen-bond acceptors (Lipinski definition) is 1. The van der Waals surface area contributed by atoms with Gasteiger partial charge in [0.05, 0.1) is 5.92 Å². The summed E-state index contributed by atoms with van der Waals surface area (Å²) in [4.78, 5) is 0. The van der Waals surface area contributed by atoms with Gasteiger partial charge >= 0.3 is 6.18 Å². The van der Waals surface area contributed by atoms with E-state index >= 15 is 0 Å². The molecule has 0 aromatic heterocycles. The van der Waals surface area contributed by atoms with Gasteiger partial charge in [0.2, 0.25) is 0 Å². The molecule has 0 heterocycles. The van der Waals surface area contributed by atoms with E-state index in [9.17, 15) is 13.2 Å². The smallest absolute Gasteiger partial charge is 0.313 e. The summed E-state index contributed by atoms with van der Waals surface area (Å²) in [5, 5.41) is 3.23. The molecule has 0 saturated heterocycles. The van der Waals surface area contributed by atoms with Gasteiger partial charge < -0.3 is 5.32 Å². The van der Waals surface area contributed by atoms with Crippen LogP contribution in [-0.2, 0) is 0 Å². The van der Waals surface area contributed by atoms with Crippen LogP contribution in [0, 0.1) is 11.8 Å². The highest BCUT2D eigenvalue weighted by Gasteiger charge is 2.45. The van der Waals surface area contributed by atoms with E-state index in [2.05, 4.69) is 5.32 Å². The molecule has 0 radical (unpaired) electrons. The summed E-state index contributed by atoms with van der Waals surface area (Å²) >= 11 is 0. The molecule has 18 heavy (non-hydrogen) atoms. The fraction of sp³-hybridized carbons (Fsp3) is 1.00. The topological polar surface area (TPSA) is 12.0 Å². The van der Waals surface area contributed by atoms with Crippen molar-refractivity contribution in [3.05, 3.63) is 0 Å². The molecule has 0 aromatic rings. The monoisotopic (exact) mass is 263 g/mol. The van der Waals surface area contributed by atoms with Crippen molar-refractivity contribution in [1.29, 1.82) is 0 Å². The Morgan fingerprint density at radius 3 is 2.11 bits per heavy atom. The van der Waals surface area contributed by atoms with Crippen molar-refractivity contribution in [3.63, 3.8) is 0 Å². The van der Waals surface area contributed by atoms with Gasteiger partial charge in [-0.2, -0.15) is 13.2 Å². The molecule has 1 N–H and O–H groups in total. The zero-order chi connectivity index (χ0) is 13.0. The molecule has 106 valence electrons. The van der Waals surface area contributed by atoms with Gasteiger partial charge in [0.25, 0.3) is 0 Å². The van der Waals surface area contributed by atoms with Gasteiger partial charge in [-0.15, -0.1) is 0 Å². The van der Waals surface area contributed by atoms with E-state index in [1.807, 2.05) is 0 Å². The molecule has 0 amide bonds. The molecule has 0 bridgehead atoms. The largest absolute Gasteiger partial charge is 0.393 e. The summed E-state index contributed by atoms with van der Waals surface area (Å²) in [5.41, 5.74) is 0. The number of rotatable bonds is 3. The molecule has 2 fully saturated rings. The van der Waals surface area contributed by atoms with Crippen molar-refractivity contribution < 1.29 is 13.2 Å². The van der Waals surface area contributed by atoms with Crippen molar-refractivity contribution >= 4 is 0 Å². The van der Waals surface area contributed by atoms with Crippen LogP contribution in [0.25, 0.3) is 0 Å². The van der Waals surface area contributed by atoms with Crippen molar-refractivity contribution in [2.75, 3.05) is 6.54 Å². The van der Waals surface area contributed by atoms with Gasteiger partial charge in [-0.25, -0.2) is 0 Å². The zero-order valence-corrected chi connectivity index (χ0v) is 10.9. The maximum atomic E-state index is 12.9. The van der Waals surface area contributed by atoms with E-state index in [1.165, 1.54) is 32.1 Å². The lowest BCUT2D eigenvalue weighted by Gasteiger charge is -2.35. The normalized spacial score (nSPS) is 31.5. The van der Waals surface area contributed by atoms with Crippen LogP contribution in [0.4, 0.5) is 13.2 Å². The Balaban J connectivity index is 1.81. The molecular weight excluding hydrogens is 239 g/mol. The van der Waals surface area contributed by atoms with Crippen LogP contribution in [0.3, 0.4) is 0 Å². The van der Waals surface area contributed by atoms with E-state index in [0.717, 1.165) is 19.4 Å². The van der Waals surface area contributed by atoms with Crippen LogP contribution < -0.4 is 5.32 Å². The Morgan fingerprint density at radius 1 is 0.833 bits per heavy atom. The quantitative estimate of drug-likeness (QED) is 0.801. The highest BCUT2D eigenvalue weighted by atomic mass is 19.4. The van der Waals surface area contributed by atoms with Crippen molar-refractivity contribution in [2.24, 2.45) is 11.8 Å². The molecule has 2 atom stereocenters. The van der Waals surface area contributed by atoms with Gasteiger partial charge in [0.1, 0.15) is 0 Å². The predicted molar refractivity (Wildman–Crippen MR) is 66.4 cm³/mol. The molecule has 1 nitrogen and oxygen atoms in total. The fourth-order valence-corrected chi connectivity index (χ4v) is 3.48. The Bertz CT molecular complexity index is 246. The first-order valence-corrected chi connectivity index (χ1v) is 7.37. The molecule has 2 saturated carbocycles. The van der Waals surface area contributed by atoms with Crippen molar-refractivity contribution in [2.45, 2.75) is 70.0 Å². The van der Waals surface area contributed by atoms with Gasteiger partial charge in [0.15, 0.2) is 0 Å². The van der Waals surface area contributed by atoms with Crippen LogP contribution in [-0.4, -0.2) is 18.8 Å². The summed E-state index contributed by atoms with van der Waals surface area (Å²) in [6.07, 6.45) is 4.82. The summed E-state index contributed by atoms with van der Waals surface area (Å²) in [5.74, 6) is -0.510. The Morgan fingerprint density at radius 2 is 1.44 bits per heavy atom. The van der Waals surface area contributed by atoms with Gasteiger partial charge in [-0.1, -0.05) is 32.1 Å². The third-order valence-electron chi connectivity index (χ3n) is 4.58. The number of nitrogens with one attached hydrogen (secondary N) is 1. The first kappa shape index (κ1) is 14.2. The molecule has 0 spiro atoms. The fourth-order valence-electron chi connectivity index (χ4n) is 3.48. The lowest BCUT2D eigenvalue weighted by molar-refractivity contribution is -0.189. The van der Waals surface area contributed by atoms with E-state index < -0.39 is 12.1 Å². The second-order valence-corrected chi connectivity index (χ2v) is 5.95. The van der Waals surface area contributed by atoms with E-state index in [1.54, 1.807) is 0 Å². The Labute approximate surface area is 108 Å². The van der Waals surface area contributed by atoms with Crippen LogP contribution in [0.15, 0.2) is 0 Å². The molecule has 0 aliphatic heterocycles. The zero-order valence-electron chi connectivity index (χ0n) is 10.9. The third kappa shape index (κ3) is 3.87. The standard InChI is InChI=1S/C14H24F3N/c15-14(16,17)12-8-4-5-9-13(12)18-10-11-6-2-1-3-7-11/h11-13,18H,1-10H2. The van der Waals surface area contributed by atoms with Crippen LogP contribution in [0.5, 0.6) is 0 Å².